The SMILES string of the molecule is CC(=O)N1CCN(c2ncc(C(=O)Nc3ccc(F)c(F)c3)cn2)CC1. The molecule has 0 aliphatic carbocycles. The van der Waals surface area contributed by atoms with E-state index in [1.54, 1.807) is 4.90 Å². The molecule has 1 saturated heterocycles. The van der Waals surface area contributed by atoms with Crippen LogP contribution in [-0.4, -0.2) is 52.9 Å². The van der Waals surface area contributed by atoms with Crippen LogP contribution in [0, 0.1) is 11.6 Å². The molecular formula is C17H17F2N5O2. The molecule has 0 saturated carbocycles. The Labute approximate surface area is 148 Å². The van der Waals surface area contributed by atoms with Crippen LogP contribution in [0.15, 0.2) is 30.6 Å². The molecule has 136 valence electrons. The molecule has 0 bridgehead atoms. The van der Waals surface area contributed by atoms with Gasteiger partial charge in [0.05, 0.1) is 5.56 Å². The third kappa shape index (κ3) is 3.93. The zero-order valence-electron chi connectivity index (χ0n) is 14.1. The Balaban J connectivity index is 1.63. The molecule has 2 aromatic rings. The number of anilines is 2. The van der Waals surface area contributed by atoms with Crippen LogP contribution in [0.5, 0.6) is 0 Å². The van der Waals surface area contributed by atoms with Gasteiger partial charge in [0, 0.05) is 57.3 Å². The van der Waals surface area contributed by atoms with E-state index in [1.165, 1.54) is 25.4 Å². The van der Waals surface area contributed by atoms with E-state index in [4.69, 9.17) is 0 Å². The monoisotopic (exact) mass is 361 g/mol. The number of carbonyl (C=O) groups excluding carboxylic acids is 2. The van der Waals surface area contributed by atoms with E-state index in [0.29, 0.717) is 32.1 Å². The van der Waals surface area contributed by atoms with Crippen molar-refractivity contribution in [3.05, 3.63) is 47.8 Å². The Bertz CT molecular complexity index is 820. The van der Waals surface area contributed by atoms with E-state index >= 15 is 0 Å². The zero-order chi connectivity index (χ0) is 18.7. The van der Waals surface area contributed by atoms with Crippen LogP contribution in [0.2, 0.25) is 0 Å². The summed E-state index contributed by atoms with van der Waals surface area (Å²) in [5.41, 5.74) is 0.333. The van der Waals surface area contributed by atoms with Crippen LogP contribution in [0.25, 0.3) is 0 Å². The Kier molecular flexibility index (Phi) is 5.06. The molecule has 1 N–H and O–H groups in total. The number of nitrogens with one attached hydrogen (secondary N) is 1. The third-order valence-corrected chi connectivity index (χ3v) is 4.09. The number of aromatic nitrogens is 2. The molecule has 1 aromatic carbocycles. The number of carbonyl (C=O) groups is 2. The number of piperazine rings is 1. The van der Waals surface area contributed by atoms with E-state index in [2.05, 4.69) is 15.3 Å². The fourth-order valence-corrected chi connectivity index (χ4v) is 2.60. The molecular weight excluding hydrogens is 344 g/mol. The van der Waals surface area contributed by atoms with Crippen LogP contribution in [0.4, 0.5) is 20.4 Å². The molecule has 1 aliphatic heterocycles. The summed E-state index contributed by atoms with van der Waals surface area (Å²) in [4.78, 5) is 35.5. The average molecular weight is 361 g/mol. The van der Waals surface area contributed by atoms with Crippen molar-refractivity contribution in [2.24, 2.45) is 0 Å². The molecule has 0 radical (unpaired) electrons. The molecule has 26 heavy (non-hydrogen) atoms. The first kappa shape index (κ1) is 17.7. The molecule has 0 spiro atoms. The van der Waals surface area contributed by atoms with Gasteiger partial charge in [-0.3, -0.25) is 9.59 Å². The highest BCUT2D eigenvalue weighted by atomic mass is 19.2. The zero-order valence-corrected chi connectivity index (χ0v) is 14.1. The number of benzene rings is 1. The van der Waals surface area contributed by atoms with Gasteiger partial charge in [-0.25, -0.2) is 18.7 Å². The molecule has 1 fully saturated rings. The van der Waals surface area contributed by atoms with Crippen molar-refractivity contribution in [2.45, 2.75) is 6.92 Å². The Hall–Kier alpha value is -3.10. The lowest BCUT2D eigenvalue weighted by Gasteiger charge is -2.34. The van der Waals surface area contributed by atoms with Crippen molar-refractivity contribution < 1.29 is 18.4 Å². The molecule has 0 atom stereocenters. The molecule has 2 amide bonds. The van der Waals surface area contributed by atoms with Gasteiger partial charge in [0.15, 0.2) is 11.6 Å². The van der Waals surface area contributed by atoms with E-state index in [-0.39, 0.29) is 17.2 Å². The van der Waals surface area contributed by atoms with E-state index < -0.39 is 17.5 Å². The largest absolute Gasteiger partial charge is 0.339 e. The molecule has 0 unspecified atom stereocenters. The Morgan fingerprint density at radius 3 is 2.27 bits per heavy atom. The first-order chi connectivity index (χ1) is 12.4. The number of hydrogen-bond acceptors (Lipinski definition) is 5. The predicted octanol–water partition coefficient (Wildman–Crippen LogP) is 1.68. The summed E-state index contributed by atoms with van der Waals surface area (Å²) in [7, 11) is 0. The van der Waals surface area contributed by atoms with Crippen molar-refractivity contribution in [2.75, 3.05) is 36.4 Å². The molecule has 1 aliphatic rings. The van der Waals surface area contributed by atoms with Crippen molar-refractivity contribution in [1.82, 2.24) is 14.9 Å². The maximum Gasteiger partial charge on any atom is 0.258 e. The summed E-state index contributed by atoms with van der Waals surface area (Å²) in [5, 5.41) is 2.46. The Morgan fingerprint density at radius 1 is 1.04 bits per heavy atom. The normalized spacial score (nSPS) is 14.3. The summed E-state index contributed by atoms with van der Waals surface area (Å²) in [6.07, 6.45) is 2.74. The van der Waals surface area contributed by atoms with E-state index in [9.17, 15) is 18.4 Å². The standard InChI is InChI=1S/C17H17F2N5O2/c1-11(25)23-4-6-24(7-5-23)17-20-9-12(10-21-17)16(26)22-13-2-3-14(18)15(19)8-13/h2-3,8-10H,4-7H2,1H3,(H,22,26). The molecule has 1 aromatic heterocycles. The second-order valence-corrected chi connectivity index (χ2v) is 5.85. The maximum absolute atomic E-state index is 13.2. The molecule has 2 heterocycles. The number of amides is 2. The van der Waals surface area contributed by atoms with Gasteiger partial charge in [-0.15, -0.1) is 0 Å². The lowest BCUT2D eigenvalue weighted by molar-refractivity contribution is -0.129. The minimum absolute atomic E-state index is 0.0369. The predicted molar refractivity (Wildman–Crippen MR) is 90.8 cm³/mol. The fraction of sp³-hybridized carbons (Fsp3) is 0.294. The molecule has 9 heteroatoms. The smallest absolute Gasteiger partial charge is 0.258 e. The van der Waals surface area contributed by atoms with Gasteiger partial charge in [-0.2, -0.15) is 0 Å². The number of hydrogen-bond donors (Lipinski definition) is 1. The highest BCUT2D eigenvalue weighted by Gasteiger charge is 2.20. The quantitative estimate of drug-likeness (QED) is 0.900. The van der Waals surface area contributed by atoms with Crippen molar-refractivity contribution >= 4 is 23.5 Å². The molecule has 7 nitrogen and oxygen atoms in total. The highest BCUT2D eigenvalue weighted by Crippen LogP contribution is 2.15. The summed E-state index contributed by atoms with van der Waals surface area (Å²) >= 11 is 0. The second kappa shape index (κ2) is 7.42. The third-order valence-electron chi connectivity index (χ3n) is 4.09. The summed E-state index contributed by atoms with van der Waals surface area (Å²) in [6.45, 7) is 3.95. The van der Waals surface area contributed by atoms with E-state index in [1.807, 2.05) is 4.90 Å². The van der Waals surface area contributed by atoms with Crippen molar-refractivity contribution in [3.63, 3.8) is 0 Å². The number of rotatable bonds is 3. The van der Waals surface area contributed by atoms with Crippen molar-refractivity contribution in [1.29, 1.82) is 0 Å². The van der Waals surface area contributed by atoms with Gasteiger partial charge in [0.1, 0.15) is 0 Å². The number of halogens is 2. The van der Waals surface area contributed by atoms with Crippen LogP contribution in [0.1, 0.15) is 17.3 Å². The lowest BCUT2D eigenvalue weighted by atomic mass is 10.2. The van der Waals surface area contributed by atoms with Gasteiger partial charge < -0.3 is 15.1 Å². The van der Waals surface area contributed by atoms with Crippen LogP contribution in [-0.2, 0) is 4.79 Å². The lowest BCUT2D eigenvalue weighted by Crippen LogP contribution is -2.48. The first-order valence-electron chi connectivity index (χ1n) is 8.03. The van der Waals surface area contributed by atoms with Gasteiger partial charge >= 0.3 is 0 Å². The minimum Gasteiger partial charge on any atom is -0.339 e. The molecule has 3 rings (SSSR count). The number of nitrogens with zero attached hydrogens (tertiary/aromatic N) is 4. The second-order valence-electron chi connectivity index (χ2n) is 5.85. The Morgan fingerprint density at radius 2 is 1.69 bits per heavy atom. The highest BCUT2D eigenvalue weighted by molar-refractivity contribution is 6.03. The van der Waals surface area contributed by atoms with Crippen LogP contribution in [0.3, 0.4) is 0 Å². The fourth-order valence-electron chi connectivity index (χ4n) is 2.60. The van der Waals surface area contributed by atoms with Gasteiger partial charge in [-0.1, -0.05) is 0 Å². The van der Waals surface area contributed by atoms with Crippen LogP contribution >= 0.6 is 0 Å². The van der Waals surface area contributed by atoms with Gasteiger partial charge in [0.25, 0.3) is 5.91 Å². The average Bonchev–Trinajstić information content (AvgIpc) is 2.65. The summed E-state index contributed by atoms with van der Waals surface area (Å²) < 4.78 is 26.1. The topological polar surface area (TPSA) is 78.4 Å². The van der Waals surface area contributed by atoms with Gasteiger partial charge in [-0.05, 0) is 12.1 Å². The summed E-state index contributed by atoms with van der Waals surface area (Å²) in [6, 6.07) is 3.10. The van der Waals surface area contributed by atoms with Gasteiger partial charge in [0.2, 0.25) is 11.9 Å². The maximum atomic E-state index is 13.2. The minimum atomic E-state index is -1.04. The van der Waals surface area contributed by atoms with Crippen LogP contribution < -0.4 is 10.2 Å². The first-order valence-corrected chi connectivity index (χ1v) is 8.03. The van der Waals surface area contributed by atoms with E-state index in [0.717, 1.165) is 12.1 Å². The summed E-state index contributed by atoms with van der Waals surface area (Å²) in [5.74, 6) is -2.05. The van der Waals surface area contributed by atoms with Crippen molar-refractivity contribution in [3.8, 4) is 0 Å².